The largest absolute Gasteiger partial charge is 0.481 e. The SMILES string of the molecule is O=C(O)C1CCC1C(=O)N1CCC2(CC1)OCCc1c2[nH]c2ccccc12. The van der Waals surface area contributed by atoms with Crippen LogP contribution in [0.15, 0.2) is 24.3 Å². The van der Waals surface area contributed by atoms with Gasteiger partial charge in [0.2, 0.25) is 5.91 Å². The molecular formula is C21H24N2O4. The normalized spacial score (nSPS) is 26.6. The van der Waals surface area contributed by atoms with E-state index in [1.54, 1.807) is 0 Å². The maximum absolute atomic E-state index is 12.8. The maximum Gasteiger partial charge on any atom is 0.307 e. The van der Waals surface area contributed by atoms with Gasteiger partial charge in [-0.15, -0.1) is 0 Å². The van der Waals surface area contributed by atoms with Crippen molar-refractivity contribution in [2.75, 3.05) is 19.7 Å². The molecule has 0 bridgehead atoms. The zero-order valence-electron chi connectivity index (χ0n) is 15.2. The number of piperidine rings is 1. The van der Waals surface area contributed by atoms with Gasteiger partial charge in [0.15, 0.2) is 0 Å². The van der Waals surface area contributed by atoms with Crippen LogP contribution in [-0.2, 0) is 26.3 Å². The molecule has 1 saturated heterocycles. The molecule has 2 fully saturated rings. The number of H-pyrrole nitrogens is 1. The molecule has 1 aliphatic carbocycles. The Morgan fingerprint density at radius 2 is 1.89 bits per heavy atom. The van der Waals surface area contributed by atoms with E-state index in [0.717, 1.165) is 24.8 Å². The lowest BCUT2D eigenvalue weighted by Crippen LogP contribution is -2.52. The van der Waals surface area contributed by atoms with Gasteiger partial charge in [-0.25, -0.2) is 0 Å². The summed E-state index contributed by atoms with van der Waals surface area (Å²) in [6.45, 7) is 1.94. The number of ether oxygens (including phenoxy) is 1. The summed E-state index contributed by atoms with van der Waals surface area (Å²) in [6.07, 6.45) is 3.73. The van der Waals surface area contributed by atoms with Crippen molar-refractivity contribution in [3.05, 3.63) is 35.5 Å². The first kappa shape index (κ1) is 16.8. The smallest absolute Gasteiger partial charge is 0.307 e. The molecule has 0 radical (unpaired) electrons. The molecule has 6 nitrogen and oxygen atoms in total. The van der Waals surface area contributed by atoms with Gasteiger partial charge in [-0.1, -0.05) is 18.2 Å². The van der Waals surface area contributed by atoms with E-state index >= 15 is 0 Å². The van der Waals surface area contributed by atoms with Crippen molar-refractivity contribution in [3.63, 3.8) is 0 Å². The highest BCUT2D eigenvalue weighted by Crippen LogP contribution is 2.44. The van der Waals surface area contributed by atoms with E-state index in [-0.39, 0.29) is 17.4 Å². The fourth-order valence-electron chi connectivity index (χ4n) is 5.08. The number of hydrogen-bond donors (Lipinski definition) is 2. The summed E-state index contributed by atoms with van der Waals surface area (Å²) in [7, 11) is 0. The summed E-state index contributed by atoms with van der Waals surface area (Å²) in [5.41, 5.74) is 3.31. The number of benzene rings is 1. The topological polar surface area (TPSA) is 82.6 Å². The predicted molar refractivity (Wildman–Crippen MR) is 99.3 cm³/mol. The number of hydrogen-bond acceptors (Lipinski definition) is 3. The highest BCUT2D eigenvalue weighted by atomic mass is 16.5. The molecule has 3 heterocycles. The van der Waals surface area contributed by atoms with Gasteiger partial charge in [-0.2, -0.15) is 0 Å². The molecule has 5 rings (SSSR count). The molecule has 1 amide bonds. The number of carboxylic acids is 1. The molecule has 3 aliphatic rings. The zero-order valence-corrected chi connectivity index (χ0v) is 15.2. The first-order valence-electron chi connectivity index (χ1n) is 9.85. The number of carbonyl (C=O) groups is 2. The fraction of sp³-hybridized carbons (Fsp3) is 0.524. The van der Waals surface area contributed by atoms with Crippen molar-refractivity contribution in [1.82, 2.24) is 9.88 Å². The second-order valence-corrected chi connectivity index (χ2v) is 8.07. The van der Waals surface area contributed by atoms with Gasteiger partial charge >= 0.3 is 5.97 Å². The van der Waals surface area contributed by atoms with E-state index in [1.165, 1.54) is 16.6 Å². The number of aromatic nitrogens is 1. The molecule has 2 atom stereocenters. The van der Waals surface area contributed by atoms with Crippen molar-refractivity contribution < 1.29 is 19.4 Å². The van der Waals surface area contributed by atoms with Gasteiger partial charge in [-0.3, -0.25) is 9.59 Å². The first-order chi connectivity index (χ1) is 13.1. The Bertz CT molecular complexity index is 910. The van der Waals surface area contributed by atoms with E-state index < -0.39 is 11.9 Å². The van der Waals surface area contributed by atoms with E-state index in [1.807, 2.05) is 11.0 Å². The number of para-hydroxylation sites is 1. The number of carbonyl (C=O) groups excluding carboxylic acids is 1. The highest BCUT2D eigenvalue weighted by Gasteiger charge is 2.47. The van der Waals surface area contributed by atoms with Crippen molar-refractivity contribution in [3.8, 4) is 0 Å². The average Bonchev–Trinajstić information content (AvgIpc) is 3.01. The molecule has 2 N–H and O–H groups in total. The number of carboxylic acid groups (broad SMARTS) is 1. The Balaban J connectivity index is 1.36. The molecule has 2 unspecified atom stereocenters. The number of fused-ring (bicyclic) bond motifs is 4. The third-order valence-electron chi connectivity index (χ3n) is 6.79. The number of aromatic amines is 1. The van der Waals surface area contributed by atoms with E-state index in [9.17, 15) is 14.7 Å². The molecule has 27 heavy (non-hydrogen) atoms. The molecule has 6 heteroatoms. The van der Waals surface area contributed by atoms with Gasteiger partial charge in [0, 0.05) is 24.0 Å². The molecule has 2 aliphatic heterocycles. The molecule has 1 saturated carbocycles. The van der Waals surface area contributed by atoms with Crippen LogP contribution in [0.25, 0.3) is 10.9 Å². The Morgan fingerprint density at radius 3 is 2.59 bits per heavy atom. The zero-order chi connectivity index (χ0) is 18.6. The Labute approximate surface area is 157 Å². The first-order valence-corrected chi connectivity index (χ1v) is 9.85. The Morgan fingerprint density at radius 1 is 1.15 bits per heavy atom. The number of likely N-dealkylation sites (tertiary alicyclic amines) is 1. The minimum atomic E-state index is -0.841. The summed E-state index contributed by atoms with van der Waals surface area (Å²) in [5, 5.41) is 10.5. The lowest BCUT2D eigenvalue weighted by molar-refractivity contribution is -0.160. The van der Waals surface area contributed by atoms with Crippen LogP contribution >= 0.6 is 0 Å². The van der Waals surface area contributed by atoms with Gasteiger partial charge in [0.1, 0.15) is 5.60 Å². The second kappa shape index (κ2) is 6.09. The molecule has 1 spiro atoms. The summed E-state index contributed by atoms with van der Waals surface area (Å²) in [4.78, 5) is 29.5. The van der Waals surface area contributed by atoms with Gasteiger partial charge in [-0.05, 0) is 43.7 Å². The maximum atomic E-state index is 12.8. The third kappa shape index (κ3) is 2.50. The number of nitrogens with zero attached hydrogens (tertiary/aromatic N) is 1. The van der Waals surface area contributed by atoms with E-state index in [2.05, 4.69) is 23.2 Å². The molecule has 2 aromatic rings. The van der Waals surface area contributed by atoms with Crippen LogP contribution in [0.3, 0.4) is 0 Å². The highest BCUT2D eigenvalue weighted by molar-refractivity contribution is 5.87. The van der Waals surface area contributed by atoms with Crippen molar-refractivity contribution in [2.24, 2.45) is 11.8 Å². The lowest BCUT2D eigenvalue weighted by atomic mass is 9.72. The van der Waals surface area contributed by atoms with Crippen LogP contribution in [0.2, 0.25) is 0 Å². The van der Waals surface area contributed by atoms with Crippen LogP contribution in [0, 0.1) is 11.8 Å². The number of aliphatic carboxylic acids is 1. The molecular weight excluding hydrogens is 344 g/mol. The Kier molecular flexibility index (Phi) is 3.79. The predicted octanol–water partition coefficient (Wildman–Crippen LogP) is 2.67. The third-order valence-corrected chi connectivity index (χ3v) is 6.79. The Hall–Kier alpha value is -2.34. The van der Waals surface area contributed by atoms with Gasteiger partial charge in [0.05, 0.1) is 24.1 Å². The summed E-state index contributed by atoms with van der Waals surface area (Å²) >= 11 is 0. The van der Waals surface area contributed by atoms with Crippen LogP contribution < -0.4 is 0 Å². The van der Waals surface area contributed by atoms with Crippen LogP contribution in [0.1, 0.15) is 36.9 Å². The monoisotopic (exact) mass is 368 g/mol. The van der Waals surface area contributed by atoms with Crippen LogP contribution in [0.5, 0.6) is 0 Å². The fourth-order valence-corrected chi connectivity index (χ4v) is 5.08. The van der Waals surface area contributed by atoms with Gasteiger partial charge in [0.25, 0.3) is 0 Å². The number of amides is 1. The van der Waals surface area contributed by atoms with Crippen LogP contribution in [0.4, 0.5) is 0 Å². The summed E-state index contributed by atoms with van der Waals surface area (Å²) in [6, 6.07) is 8.36. The van der Waals surface area contributed by atoms with Crippen LogP contribution in [-0.4, -0.2) is 46.6 Å². The minimum absolute atomic E-state index is 0.0104. The van der Waals surface area contributed by atoms with Crippen molar-refractivity contribution in [2.45, 2.75) is 37.7 Å². The number of rotatable bonds is 2. The van der Waals surface area contributed by atoms with Gasteiger partial charge < -0.3 is 19.7 Å². The van der Waals surface area contributed by atoms with Crippen molar-refractivity contribution in [1.29, 1.82) is 0 Å². The number of nitrogens with one attached hydrogen (secondary N) is 1. The lowest BCUT2D eigenvalue weighted by Gasteiger charge is -2.45. The average molecular weight is 368 g/mol. The summed E-state index contributed by atoms with van der Waals surface area (Å²) in [5.74, 6) is -1.67. The molecule has 1 aromatic carbocycles. The quantitative estimate of drug-likeness (QED) is 0.854. The second-order valence-electron chi connectivity index (χ2n) is 8.07. The van der Waals surface area contributed by atoms with E-state index in [0.29, 0.717) is 32.5 Å². The minimum Gasteiger partial charge on any atom is -0.481 e. The molecule has 1 aromatic heterocycles. The standard InChI is InChI=1S/C21H24N2O4/c24-19(15-5-6-16(15)20(25)26)23-10-8-21(9-11-23)18-14(7-12-27-21)13-3-1-2-4-17(13)22-18/h1-4,15-16,22H,5-12H2,(H,25,26). The summed E-state index contributed by atoms with van der Waals surface area (Å²) < 4.78 is 6.29. The van der Waals surface area contributed by atoms with Crippen molar-refractivity contribution >= 4 is 22.8 Å². The molecule has 142 valence electrons. The van der Waals surface area contributed by atoms with E-state index in [4.69, 9.17) is 4.74 Å².